The molecule has 0 aliphatic carbocycles. The van der Waals surface area contributed by atoms with E-state index in [2.05, 4.69) is 40.3 Å². The average molecular weight is 450 g/mol. The second-order valence-corrected chi connectivity index (χ2v) is 7.21. The van der Waals surface area contributed by atoms with E-state index in [1.807, 2.05) is 24.3 Å². The molecule has 1 amide bonds. The predicted molar refractivity (Wildman–Crippen MR) is 115 cm³/mol. The summed E-state index contributed by atoms with van der Waals surface area (Å²) >= 11 is 3.52. The predicted octanol–water partition coefficient (Wildman–Crippen LogP) is 4.55. The summed E-state index contributed by atoms with van der Waals surface area (Å²) in [4.78, 5) is 12.0. The van der Waals surface area contributed by atoms with Gasteiger partial charge in [-0.3, -0.25) is 4.79 Å². The van der Waals surface area contributed by atoms with Crippen molar-refractivity contribution in [3.63, 3.8) is 0 Å². The Labute approximate surface area is 175 Å². The summed E-state index contributed by atoms with van der Waals surface area (Å²) in [6.07, 6.45) is 2.84. The van der Waals surface area contributed by atoms with E-state index in [-0.39, 0.29) is 5.91 Å². The molecule has 2 aromatic rings. The van der Waals surface area contributed by atoms with Crippen LogP contribution in [0.25, 0.3) is 0 Å². The number of aryl methyl sites for hydroxylation is 1. The van der Waals surface area contributed by atoms with Crippen LogP contribution in [0.5, 0.6) is 17.2 Å². The fraction of sp³-hybridized carbons (Fsp3) is 0.409. The van der Waals surface area contributed by atoms with Crippen LogP contribution in [-0.4, -0.2) is 33.3 Å². The lowest BCUT2D eigenvalue weighted by Crippen LogP contribution is -2.25. The lowest BCUT2D eigenvalue weighted by atomic mass is 10.1. The fourth-order valence-corrected chi connectivity index (χ4v) is 3.31. The summed E-state index contributed by atoms with van der Waals surface area (Å²) in [5.74, 6) is 2.24. The second-order valence-electron chi connectivity index (χ2n) is 6.36. The Kier molecular flexibility index (Phi) is 9.14. The first-order valence-corrected chi connectivity index (χ1v) is 10.3. The molecule has 0 radical (unpaired) electrons. The van der Waals surface area contributed by atoms with Crippen molar-refractivity contribution in [3.8, 4) is 17.2 Å². The van der Waals surface area contributed by atoms with Crippen LogP contribution in [-0.2, 0) is 17.6 Å². The fourth-order valence-electron chi connectivity index (χ4n) is 2.77. The number of carbonyl (C=O) groups is 1. The van der Waals surface area contributed by atoms with Gasteiger partial charge >= 0.3 is 0 Å². The number of benzene rings is 2. The minimum Gasteiger partial charge on any atom is -0.493 e. The first-order chi connectivity index (χ1) is 13.6. The monoisotopic (exact) mass is 449 g/mol. The van der Waals surface area contributed by atoms with E-state index in [4.69, 9.17) is 14.2 Å². The summed E-state index contributed by atoms with van der Waals surface area (Å²) in [5, 5.41) is 2.95. The summed E-state index contributed by atoms with van der Waals surface area (Å²) in [5.41, 5.74) is 2.34. The van der Waals surface area contributed by atoms with Gasteiger partial charge in [-0.1, -0.05) is 19.1 Å². The number of rotatable bonds is 11. The maximum Gasteiger partial charge on any atom is 0.220 e. The summed E-state index contributed by atoms with van der Waals surface area (Å²) in [6, 6.07) is 11.9. The third-order valence-electron chi connectivity index (χ3n) is 4.39. The summed E-state index contributed by atoms with van der Waals surface area (Å²) in [6.45, 7) is 3.21. The Balaban J connectivity index is 1.66. The first kappa shape index (κ1) is 22.1. The first-order valence-electron chi connectivity index (χ1n) is 9.46. The van der Waals surface area contributed by atoms with Gasteiger partial charge in [0.2, 0.25) is 5.91 Å². The van der Waals surface area contributed by atoms with E-state index in [0.717, 1.165) is 28.6 Å². The quantitative estimate of drug-likeness (QED) is 0.511. The SMILES string of the molecule is CCc1ccc(OCCCC(=O)NCCc2ccc(OC)c(OC)c2)c(Br)c1. The minimum atomic E-state index is 0.0319. The van der Waals surface area contributed by atoms with E-state index in [1.165, 1.54) is 5.56 Å². The Morgan fingerprint density at radius 1 is 1.00 bits per heavy atom. The Morgan fingerprint density at radius 2 is 1.71 bits per heavy atom. The standard InChI is InChI=1S/C22H28BrNO4/c1-4-16-7-9-19(18(23)14-16)28-13-5-6-22(25)24-12-11-17-8-10-20(26-2)21(15-17)27-3/h7-10,14-15H,4-6,11-13H2,1-3H3,(H,24,25). The smallest absolute Gasteiger partial charge is 0.220 e. The highest BCUT2D eigenvalue weighted by atomic mass is 79.9. The van der Waals surface area contributed by atoms with Crippen LogP contribution in [0.4, 0.5) is 0 Å². The molecule has 0 bridgehead atoms. The van der Waals surface area contributed by atoms with E-state index >= 15 is 0 Å². The highest BCUT2D eigenvalue weighted by molar-refractivity contribution is 9.10. The van der Waals surface area contributed by atoms with Gasteiger partial charge in [-0.25, -0.2) is 0 Å². The molecular weight excluding hydrogens is 422 g/mol. The zero-order chi connectivity index (χ0) is 20.4. The van der Waals surface area contributed by atoms with Gasteiger partial charge in [0, 0.05) is 13.0 Å². The number of hydrogen-bond donors (Lipinski definition) is 1. The maximum absolute atomic E-state index is 12.0. The van der Waals surface area contributed by atoms with E-state index in [9.17, 15) is 4.79 Å². The van der Waals surface area contributed by atoms with Crippen molar-refractivity contribution in [2.24, 2.45) is 0 Å². The molecule has 0 spiro atoms. The molecule has 0 unspecified atom stereocenters. The lowest BCUT2D eigenvalue weighted by Gasteiger charge is -2.11. The molecule has 6 heteroatoms. The largest absolute Gasteiger partial charge is 0.493 e. The molecule has 0 fully saturated rings. The molecule has 0 aliphatic rings. The normalized spacial score (nSPS) is 10.4. The molecule has 152 valence electrons. The van der Waals surface area contributed by atoms with Gasteiger partial charge in [0.25, 0.3) is 0 Å². The molecule has 0 aromatic heterocycles. The number of hydrogen-bond acceptors (Lipinski definition) is 4. The van der Waals surface area contributed by atoms with Crippen LogP contribution in [0.15, 0.2) is 40.9 Å². The molecule has 1 N–H and O–H groups in total. The van der Waals surface area contributed by atoms with Crippen LogP contribution in [0.2, 0.25) is 0 Å². The van der Waals surface area contributed by atoms with Crippen molar-refractivity contribution in [1.29, 1.82) is 0 Å². The topological polar surface area (TPSA) is 56.8 Å². The van der Waals surface area contributed by atoms with Crippen molar-refractivity contribution >= 4 is 21.8 Å². The van der Waals surface area contributed by atoms with Gasteiger partial charge in [0.05, 0.1) is 25.3 Å². The van der Waals surface area contributed by atoms with Crippen LogP contribution >= 0.6 is 15.9 Å². The Hall–Kier alpha value is -2.21. The third-order valence-corrected chi connectivity index (χ3v) is 5.01. The zero-order valence-electron chi connectivity index (χ0n) is 16.7. The van der Waals surface area contributed by atoms with Gasteiger partial charge in [0.1, 0.15) is 5.75 Å². The zero-order valence-corrected chi connectivity index (χ0v) is 18.3. The average Bonchev–Trinajstić information content (AvgIpc) is 2.71. The molecule has 0 saturated carbocycles. The van der Waals surface area contributed by atoms with Crippen LogP contribution in [0.3, 0.4) is 0 Å². The second kappa shape index (κ2) is 11.6. The van der Waals surface area contributed by atoms with Crippen molar-refractivity contribution in [1.82, 2.24) is 5.32 Å². The van der Waals surface area contributed by atoms with Gasteiger partial charge in [-0.15, -0.1) is 0 Å². The van der Waals surface area contributed by atoms with Crippen LogP contribution < -0.4 is 19.5 Å². The molecule has 0 atom stereocenters. The van der Waals surface area contributed by atoms with E-state index in [0.29, 0.717) is 37.5 Å². The van der Waals surface area contributed by atoms with Crippen LogP contribution in [0, 0.1) is 0 Å². The molecule has 0 saturated heterocycles. The van der Waals surface area contributed by atoms with Crippen molar-refractivity contribution in [2.45, 2.75) is 32.6 Å². The number of halogens is 1. The molecule has 0 aliphatic heterocycles. The summed E-state index contributed by atoms with van der Waals surface area (Å²) in [7, 11) is 3.22. The van der Waals surface area contributed by atoms with E-state index in [1.54, 1.807) is 14.2 Å². The Morgan fingerprint density at radius 3 is 2.39 bits per heavy atom. The lowest BCUT2D eigenvalue weighted by molar-refractivity contribution is -0.121. The van der Waals surface area contributed by atoms with Gasteiger partial charge in [-0.2, -0.15) is 0 Å². The molecule has 2 rings (SSSR count). The van der Waals surface area contributed by atoms with Gasteiger partial charge < -0.3 is 19.5 Å². The molecule has 28 heavy (non-hydrogen) atoms. The molecule has 0 heterocycles. The minimum absolute atomic E-state index is 0.0319. The molecule has 2 aromatic carbocycles. The number of carbonyl (C=O) groups excluding carboxylic acids is 1. The number of amides is 1. The Bertz CT molecular complexity index is 779. The highest BCUT2D eigenvalue weighted by Crippen LogP contribution is 2.28. The van der Waals surface area contributed by atoms with Gasteiger partial charge in [-0.05, 0) is 70.6 Å². The molecular formula is C22H28BrNO4. The maximum atomic E-state index is 12.0. The van der Waals surface area contributed by atoms with Crippen molar-refractivity contribution in [2.75, 3.05) is 27.4 Å². The van der Waals surface area contributed by atoms with Crippen LogP contribution in [0.1, 0.15) is 30.9 Å². The molecule has 5 nitrogen and oxygen atoms in total. The number of nitrogens with one attached hydrogen (secondary N) is 1. The van der Waals surface area contributed by atoms with Crippen molar-refractivity contribution in [3.05, 3.63) is 52.0 Å². The van der Waals surface area contributed by atoms with Gasteiger partial charge in [0.15, 0.2) is 11.5 Å². The van der Waals surface area contributed by atoms with E-state index < -0.39 is 0 Å². The number of methoxy groups -OCH3 is 2. The third kappa shape index (κ3) is 6.75. The van der Waals surface area contributed by atoms with Crippen molar-refractivity contribution < 1.29 is 19.0 Å². The highest BCUT2D eigenvalue weighted by Gasteiger charge is 2.06. The number of ether oxygens (including phenoxy) is 3. The summed E-state index contributed by atoms with van der Waals surface area (Å²) < 4.78 is 17.2.